The summed E-state index contributed by atoms with van der Waals surface area (Å²) in [5, 5.41) is 2.05. The van der Waals surface area contributed by atoms with Crippen LogP contribution in [0.3, 0.4) is 0 Å². The molecule has 0 aliphatic heterocycles. The average Bonchev–Trinajstić information content (AvgIpc) is 3.85. The van der Waals surface area contributed by atoms with E-state index in [-0.39, 0.29) is 0 Å². The molecule has 2 heterocycles. The van der Waals surface area contributed by atoms with Crippen molar-refractivity contribution >= 4 is 50.1 Å². The minimum absolute atomic E-state index is 0.573. The van der Waals surface area contributed by atoms with Gasteiger partial charge in [-0.05, 0) is 76.9 Å². The largest absolute Gasteiger partial charge is 0.456 e. The molecule has 53 heavy (non-hydrogen) atoms. The minimum Gasteiger partial charge on any atom is -0.456 e. The van der Waals surface area contributed by atoms with Gasteiger partial charge in [-0.25, -0.2) is 4.98 Å². The minimum atomic E-state index is 0.573. The Kier molecular flexibility index (Phi) is 7.43. The first-order valence-electron chi connectivity index (χ1n) is 17.8. The van der Waals surface area contributed by atoms with Crippen molar-refractivity contribution in [3.63, 3.8) is 0 Å². The van der Waals surface area contributed by atoms with Crippen molar-refractivity contribution in [2.75, 3.05) is 4.90 Å². The van der Waals surface area contributed by atoms with E-state index in [0.29, 0.717) is 5.89 Å². The lowest BCUT2D eigenvalue weighted by Crippen LogP contribution is -2.11. The van der Waals surface area contributed by atoms with Gasteiger partial charge in [0.1, 0.15) is 16.7 Å². The molecule has 0 saturated heterocycles. The summed E-state index contributed by atoms with van der Waals surface area (Å²) in [5.41, 5.74) is 14.1. The highest BCUT2D eigenvalue weighted by atomic mass is 16.4. The Bertz CT molecular complexity index is 2870. The number of oxazole rings is 1. The van der Waals surface area contributed by atoms with Crippen molar-refractivity contribution in [2.45, 2.75) is 0 Å². The molecule has 0 N–H and O–H groups in total. The van der Waals surface area contributed by atoms with Gasteiger partial charge in [0.25, 0.3) is 0 Å². The Labute approximate surface area is 306 Å². The lowest BCUT2D eigenvalue weighted by atomic mass is 10.00. The molecular formula is C49H32N2O2. The predicted octanol–water partition coefficient (Wildman–Crippen LogP) is 13.9. The molecule has 2 aromatic heterocycles. The number of fused-ring (bicyclic) bond motifs is 4. The quantitative estimate of drug-likeness (QED) is 0.168. The Morgan fingerprint density at radius 2 is 0.925 bits per heavy atom. The summed E-state index contributed by atoms with van der Waals surface area (Å²) in [6, 6.07) is 67.5. The average molecular weight is 681 g/mol. The standard InChI is InChI=1S/C49H32N2O2/c1-3-13-33(14-4-1)34-25-29-37(30-26-34)51(44-22-9-7-17-39(44)35-15-5-2-6-16-35)38-31-27-36(28-32-38)40-19-11-21-43-48(40)53-49(50-43)42-20-12-24-46-47(42)41-18-8-10-23-45(41)52-46/h1-32H. The molecule has 0 amide bonds. The second-order valence-corrected chi connectivity index (χ2v) is 13.1. The molecule has 0 atom stereocenters. The van der Waals surface area contributed by atoms with Crippen LogP contribution in [-0.4, -0.2) is 4.98 Å². The third kappa shape index (κ3) is 5.45. The number of aromatic nitrogens is 1. The molecule has 4 heteroatoms. The van der Waals surface area contributed by atoms with E-state index < -0.39 is 0 Å². The Balaban J connectivity index is 1.07. The van der Waals surface area contributed by atoms with Gasteiger partial charge < -0.3 is 13.7 Å². The predicted molar refractivity (Wildman–Crippen MR) is 218 cm³/mol. The molecular weight excluding hydrogens is 649 g/mol. The fourth-order valence-electron chi connectivity index (χ4n) is 7.43. The Hall–Kier alpha value is -7.17. The van der Waals surface area contributed by atoms with Gasteiger partial charge in [-0.2, -0.15) is 0 Å². The van der Waals surface area contributed by atoms with Crippen molar-refractivity contribution in [1.29, 1.82) is 0 Å². The van der Waals surface area contributed by atoms with Crippen molar-refractivity contribution in [2.24, 2.45) is 0 Å². The van der Waals surface area contributed by atoms with Crippen LogP contribution in [0, 0.1) is 0 Å². The van der Waals surface area contributed by atoms with Gasteiger partial charge in [0.2, 0.25) is 5.89 Å². The second kappa shape index (κ2) is 12.9. The number of nitrogens with zero attached hydrogens (tertiary/aromatic N) is 2. The number of hydrogen-bond donors (Lipinski definition) is 0. The van der Waals surface area contributed by atoms with Crippen molar-refractivity contribution in [3.8, 4) is 44.8 Å². The van der Waals surface area contributed by atoms with Crippen molar-refractivity contribution in [1.82, 2.24) is 4.98 Å². The summed E-state index contributed by atoms with van der Waals surface area (Å²) >= 11 is 0. The summed E-state index contributed by atoms with van der Waals surface area (Å²) in [5.74, 6) is 0.573. The number of furan rings is 1. The van der Waals surface area contributed by atoms with Crippen molar-refractivity contribution < 1.29 is 8.83 Å². The number of anilines is 3. The fourth-order valence-corrected chi connectivity index (χ4v) is 7.43. The maximum absolute atomic E-state index is 6.63. The molecule has 0 aliphatic rings. The van der Waals surface area contributed by atoms with Gasteiger partial charge >= 0.3 is 0 Å². The van der Waals surface area contributed by atoms with Gasteiger partial charge in [-0.15, -0.1) is 0 Å². The molecule has 0 fully saturated rings. The van der Waals surface area contributed by atoms with Gasteiger partial charge in [-0.1, -0.05) is 140 Å². The SMILES string of the molecule is c1ccc(-c2ccc(N(c3ccc(-c4cccc5nc(-c6cccc7oc8ccccc8c67)oc45)cc3)c3ccccc3-c3ccccc3)cc2)cc1. The molecule has 0 saturated carbocycles. The van der Waals surface area contributed by atoms with Gasteiger partial charge in [-0.3, -0.25) is 0 Å². The first kappa shape index (κ1) is 30.6. The summed E-state index contributed by atoms with van der Waals surface area (Å²) in [4.78, 5) is 7.32. The molecule has 0 radical (unpaired) electrons. The molecule has 0 spiro atoms. The van der Waals surface area contributed by atoms with Gasteiger partial charge in [0.15, 0.2) is 5.58 Å². The normalized spacial score (nSPS) is 11.4. The molecule has 10 aromatic rings. The van der Waals surface area contributed by atoms with Crippen LogP contribution in [0.2, 0.25) is 0 Å². The first-order valence-corrected chi connectivity index (χ1v) is 17.8. The molecule has 0 aliphatic carbocycles. The molecule has 10 rings (SSSR count). The zero-order valence-electron chi connectivity index (χ0n) is 28.7. The second-order valence-electron chi connectivity index (χ2n) is 13.1. The maximum Gasteiger partial charge on any atom is 0.228 e. The molecule has 250 valence electrons. The van der Waals surface area contributed by atoms with Crippen LogP contribution in [0.15, 0.2) is 203 Å². The highest BCUT2D eigenvalue weighted by Gasteiger charge is 2.20. The van der Waals surface area contributed by atoms with Crippen LogP contribution in [0.4, 0.5) is 17.1 Å². The van der Waals surface area contributed by atoms with E-state index >= 15 is 0 Å². The molecule has 4 nitrogen and oxygen atoms in total. The summed E-state index contributed by atoms with van der Waals surface area (Å²) in [6.45, 7) is 0. The number of para-hydroxylation sites is 3. The van der Waals surface area contributed by atoms with E-state index in [1.54, 1.807) is 0 Å². The third-order valence-electron chi connectivity index (χ3n) is 9.95. The van der Waals surface area contributed by atoms with Crippen LogP contribution in [-0.2, 0) is 0 Å². The highest BCUT2D eigenvalue weighted by Crippen LogP contribution is 2.43. The van der Waals surface area contributed by atoms with Gasteiger partial charge in [0, 0.05) is 38.8 Å². The first-order chi connectivity index (χ1) is 26.3. The number of benzene rings is 8. The van der Waals surface area contributed by atoms with Crippen LogP contribution in [0.1, 0.15) is 0 Å². The number of hydrogen-bond acceptors (Lipinski definition) is 4. The van der Waals surface area contributed by atoms with Crippen LogP contribution in [0.5, 0.6) is 0 Å². The summed E-state index contributed by atoms with van der Waals surface area (Å²) in [6.07, 6.45) is 0. The maximum atomic E-state index is 6.63. The lowest BCUT2D eigenvalue weighted by molar-refractivity contribution is 0.621. The van der Waals surface area contributed by atoms with Crippen molar-refractivity contribution in [3.05, 3.63) is 194 Å². The van der Waals surface area contributed by atoms with Crippen LogP contribution in [0.25, 0.3) is 77.9 Å². The molecule has 8 aromatic carbocycles. The molecule has 0 bridgehead atoms. The monoisotopic (exact) mass is 680 g/mol. The lowest BCUT2D eigenvalue weighted by Gasteiger charge is -2.28. The van der Waals surface area contributed by atoms with E-state index in [1.165, 1.54) is 11.1 Å². The fraction of sp³-hybridized carbons (Fsp3) is 0. The summed E-state index contributed by atoms with van der Waals surface area (Å²) < 4.78 is 12.8. The number of rotatable bonds is 7. The van der Waals surface area contributed by atoms with E-state index in [2.05, 4.69) is 157 Å². The summed E-state index contributed by atoms with van der Waals surface area (Å²) in [7, 11) is 0. The zero-order chi connectivity index (χ0) is 35.1. The van der Waals surface area contributed by atoms with Gasteiger partial charge in [0.05, 0.1) is 5.69 Å². The van der Waals surface area contributed by atoms with E-state index in [1.807, 2.05) is 42.5 Å². The Morgan fingerprint density at radius 3 is 1.70 bits per heavy atom. The third-order valence-corrected chi connectivity index (χ3v) is 9.95. The van der Waals surface area contributed by atoms with Crippen LogP contribution < -0.4 is 4.90 Å². The molecule has 0 unspecified atom stereocenters. The van der Waals surface area contributed by atoms with E-state index in [9.17, 15) is 0 Å². The van der Waals surface area contributed by atoms with Crippen LogP contribution >= 0.6 is 0 Å². The smallest absolute Gasteiger partial charge is 0.228 e. The zero-order valence-corrected chi connectivity index (χ0v) is 28.7. The van der Waals surface area contributed by atoms with E-state index in [0.717, 1.165) is 77.9 Å². The topological polar surface area (TPSA) is 42.4 Å². The highest BCUT2D eigenvalue weighted by molar-refractivity contribution is 6.12. The van der Waals surface area contributed by atoms with E-state index in [4.69, 9.17) is 13.8 Å². The Morgan fingerprint density at radius 1 is 0.377 bits per heavy atom.